The van der Waals surface area contributed by atoms with Gasteiger partial charge in [0.1, 0.15) is 6.54 Å². The summed E-state index contributed by atoms with van der Waals surface area (Å²) < 4.78 is 0. The molecule has 1 saturated carbocycles. The Morgan fingerprint density at radius 3 is 2.43 bits per heavy atom. The van der Waals surface area contributed by atoms with Crippen molar-refractivity contribution in [2.24, 2.45) is 0 Å². The molecular formula is C29H31ClN2O2S. The number of thiophene rings is 1. The Morgan fingerprint density at radius 1 is 1.06 bits per heavy atom. The second-order valence-corrected chi connectivity index (χ2v) is 12.0. The second-order valence-electron chi connectivity index (χ2n) is 10.6. The molecule has 2 aliphatic rings. The number of nitrogens with zero attached hydrogens (tertiary/aromatic N) is 2. The molecule has 2 aromatic carbocycles. The summed E-state index contributed by atoms with van der Waals surface area (Å²) in [6.45, 7) is 7.34. The third-order valence-electron chi connectivity index (χ3n) is 7.04. The Hall–Kier alpha value is -2.63. The van der Waals surface area contributed by atoms with E-state index in [0.717, 1.165) is 24.8 Å². The maximum atomic E-state index is 13.8. The van der Waals surface area contributed by atoms with Crippen molar-refractivity contribution in [1.82, 2.24) is 9.80 Å². The van der Waals surface area contributed by atoms with E-state index in [1.165, 1.54) is 16.0 Å². The molecule has 1 aliphatic heterocycles. The van der Waals surface area contributed by atoms with Crippen molar-refractivity contribution in [3.63, 3.8) is 0 Å². The first-order valence-electron chi connectivity index (χ1n) is 12.3. The SMILES string of the molecule is CC(C)(C)c1ccc(C2c3ccsc3CCN2C(=O)CN(C(=O)c2ccccc2Cl)C2CC2)cc1. The van der Waals surface area contributed by atoms with Crippen LogP contribution in [0.2, 0.25) is 5.02 Å². The predicted molar refractivity (Wildman–Crippen MR) is 142 cm³/mol. The molecule has 4 nitrogen and oxygen atoms in total. The van der Waals surface area contributed by atoms with Crippen LogP contribution in [0.3, 0.4) is 0 Å². The highest BCUT2D eigenvalue weighted by atomic mass is 35.5. The van der Waals surface area contributed by atoms with Crippen molar-refractivity contribution < 1.29 is 9.59 Å². The molecule has 1 aromatic heterocycles. The lowest BCUT2D eigenvalue weighted by molar-refractivity contribution is -0.134. The zero-order valence-electron chi connectivity index (χ0n) is 20.5. The van der Waals surface area contributed by atoms with Crippen LogP contribution in [0.5, 0.6) is 0 Å². The minimum absolute atomic E-state index is 0.0148. The third kappa shape index (κ3) is 4.89. The predicted octanol–water partition coefficient (Wildman–Crippen LogP) is 6.48. The average Bonchev–Trinajstić information content (AvgIpc) is 3.57. The van der Waals surface area contributed by atoms with E-state index in [1.54, 1.807) is 28.4 Å². The minimum Gasteiger partial charge on any atom is -0.330 e. The molecular weight excluding hydrogens is 476 g/mol. The number of benzene rings is 2. The number of carbonyl (C=O) groups excluding carboxylic acids is 2. The summed E-state index contributed by atoms with van der Waals surface area (Å²) in [5, 5.41) is 2.54. The van der Waals surface area contributed by atoms with Crippen molar-refractivity contribution in [2.75, 3.05) is 13.1 Å². The highest BCUT2D eigenvalue weighted by Crippen LogP contribution is 2.39. The van der Waals surface area contributed by atoms with Crippen molar-refractivity contribution >= 4 is 34.8 Å². The quantitative estimate of drug-likeness (QED) is 0.397. The first-order valence-corrected chi connectivity index (χ1v) is 13.5. The van der Waals surface area contributed by atoms with Crippen LogP contribution in [0.1, 0.15) is 71.6 Å². The lowest BCUT2D eigenvalue weighted by Crippen LogP contribution is -2.47. The minimum atomic E-state index is -0.161. The molecule has 0 N–H and O–H groups in total. The Morgan fingerprint density at radius 2 is 1.77 bits per heavy atom. The topological polar surface area (TPSA) is 40.6 Å². The number of amides is 2. The summed E-state index contributed by atoms with van der Waals surface area (Å²) in [7, 11) is 0. The van der Waals surface area contributed by atoms with Crippen LogP contribution in [0.25, 0.3) is 0 Å². The molecule has 0 saturated heterocycles. The summed E-state index contributed by atoms with van der Waals surface area (Å²) in [5.41, 5.74) is 4.11. The number of rotatable bonds is 5. The van der Waals surface area contributed by atoms with Gasteiger partial charge in [0.15, 0.2) is 0 Å². The highest BCUT2D eigenvalue weighted by molar-refractivity contribution is 7.10. The maximum Gasteiger partial charge on any atom is 0.256 e. The van der Waals surface area contributed by atoms with Gasteiger partial charge in [0.25, 0.3) is 5.91 Å². The van der Waals surface area contributed by atoms with Gasteiger partial charge in [0.2, 0.25) is 5.91 Å². The van der Waals surface area contributed by atoms with Crippen LogP contribution in [0.15, 0.2) is 60.0 Å². The van der Waals surface area contributed by atoms with Gasteiger partial charge in [-0.3, -0.25) is 9.59 Å². The molecule has 2 amide bonds. The number of hydrogen-bond donors (Lipinski definition) is 0. The van der Waals surface area contributed by atoms with Gasteiger partial charge in [0.05, 0.1) is 16.6 Å². The Kier molecular flexibility index (Phi) is 6.49. The normalized spacial score (nSPS) is 17.7. The van der Waals surface area contributed by atoms with E-state index < -0.39 is 0 Å². The Labute approximate surface area is 216 Å². The fourth-order valence-corrected chi connectivity index (χ4v) is 6.01. The molecule has 1 aliphatic carbocycles. The van der Waals surface area contributed by atoms with Crippen molar-refractivity contribution in [1.29, 1.82) is 0 Å². The number of halogens is 1. The highest BCUT2D eigenvalue weighted by Gasteiger charge is 2.38. The molecule has 1 fully saturated rings. The maximum absolute atomic E-state index is 13.8. The molecule has 0 bridgehead atoms. The number of hydrogen-bond acceptors (Lipinski definition) is 3. The summed E-state index contributed by atoms with van der Waals surface area (Å²) >= 11 is 8.08. The Balaban J connectivity index is 1.43. The van der Waals surface area contributed by atoms with Crippen LogP contribution in [0.4, 0.5) is 0 Å². The van der Waals surface area contributed by atoms with E-state index in [2.05, 4.69) is 56.5 Å². The second kappa shape index (κ2) is 9.44. The van der Waals surface area contributed by atoms with E-state index in [9.17, 15) is 9.59 Å². The first-order chi connectivity index (χ1) is 16.7. The largest absolute Gasteiger partial charge is 0.330 e. The van der Waals surface area contributed by atoms with Gasteiger partial charge in [0, 0.05) is 17.5 Å². The van der Waals surface area contributed by atoms with Gasteiger partial charge in [-0.1, -0.05) is 68.8 Å². The van der Waals surface area contributed by atoms with Gasteiger partial charge in [-0.05, 0) is 64.9 Å². The van der Waals surface area contributed by atoms with Gasteiger partial charge in [-0.15, -0.1) is 11.3 Å². The zero-order valence-corrected chi connectivity index (χ0v) is 22.0. The molecule has 1 atom stereocenters. The molecule has 2 heterocycles. The molecule has 182 valence electrons. The fraction of sp³-hybridized carbons (Fsp3) is 0.379. The molecule has 0 radical (unpaired) electrons. The van der Waals surface area contributed by atoms with Gasteiger partial charge in [-0.25, -0.2) is 0 Å². The number of fused-ring (bicyclic) bond motifs is 1. The summed E-state index contributed by atoms with van der Waals surface area (Å²) in [6, 6.07) is 17.9. The lowest BCUT2D eigenvalue weighted by Gasteiger charge is -2.38. The van der Waals surface area contributed by atoms with Gasteiger partial charge in [-0.2, -0.15) is 0 Å². The van der Waals surface area contributed by atoms with E-state index in [-0.39, 0.29) is 35.9 Å². The Bertz CT molecular complexity index is 1240. The fourth-order valence-electron chi connectivity index (χ4n) is 4.89. The van der Waals surface area contributed by atoms with Crippen molar-refractivity contribution in [3.8, 4) is 0 Å². The van der Waals surface area contributed by atoms with E-state index >= 15 is 0 Å². The monoisotopic (exact) mass is 506 g/mol. The van der Waals surface area contributed by atoms with Crippen LogP contribution < -0.4 is 0 Å². The zero-order chi connectivity index (χ0) is 24.7. The summed E-state index contributed by atoms with van der Waals surface area (Å²) in [5.74, 6) is -0.176. The smallest absolute Gasteiger partial charge is 0.256 e. The molecule has 5 rings (SSSR count). The van der Waals surface area contributed by atoms with E-state index in [4.69, 9.17) is 11.6 Å². The average molecular weight is 507 g/mol. The first kappa shape index (κ1) is 24.1. The van der Waals surface area contributed by atoms with Gasteiger partial charge < -0.3 is 9.80 Å². The van der Waals surface area contributed by atoms with E-state index in [0.29, 0.717) is 17.1 Å². The standard InChI is InChI=1S/C29H31ClN2O2S/c1-29(2,3)20-10-8-19(9-11-20)27-23-15-17-35-25(23)14-16-31(27)26(33)18-32(21-12-13-21)28(34)22-6-4-5-7-24(22)30/h4-11,15,17,21,27H,12-14,16,18H2,1-3H3. The van der Waals surface area contributed by atoms with Crippen molar-refractivity contribution in [3.05, 3.63) is 92.1 Å². The molecule has 35 heavy (non-hydrogen) atoms. The lowest BCUT2D eigenvalue weighted by atomic mass is 9.85. The van der Waals surface area contributed by atoms with E-state index in [1.807, 2.05) is 17.0 Å². The number of carbonyl (C=O) groups is 2. The van der Waals surface area contributed by atoms with Crippen LogP contribution in [-0.4, -0.2) is 40.7 Å². The van der Waals surface area contributed by atoms with Crippen LogP contribution in [-0.2, 0) is 16.6 Å². The third-order valence-corrected chi connectivity index (χ3v) is 8.36. The van der Waals surface area contributed by atoms with Crippen LogP contribution >= 0.6 is 22.9 Å². The van der Waals surface area contributed by atoms with Crippen LogP contribution in [0, 0.1) is 0 Å². The molecule has 3 aromatic rings. The molecule has 1 unspecified atom stereocenters. The molecule has 6 heteroatoms. The molecule has 0 spiro atoms. The summed E-state index contributed by atoms with van der Waals surface area (Å²) in [4.78, 5) is 32.2. The van der Waals surface area contributed by atoms with Crippen molar-refractivity contribution in [2.45, 2.75) is 57.5 Å². The van der Waals surface area contributed by atoms with Gasteiger partial charge >= 0.3 is 0 Å². The summed E-state index contributed by atoms with van der Waals surface area (Å²) in [6.07, 6.45) is 2.70.